The molecule has 68 valence electrons. The lowest BCUT2D eigenvalue weighted by atomic mass is 10.2. The zero-order valence-electron chi connectivity index (χ0n) is 6.95. The van der Waals surface area contributed by atoms with Crippen molar-refractivity contribution in [3.63, 3.8) is 0 Å². The van der Waals surface area contributed by atoms with Gasteiger partial charge < -0.3 is 5.73 Å². The molecule has 0 radical (unpaired) electrons. The summed E-state index contributed by atoms with van der Waals surface area (Å²) in [4.78, 5) is 13.0. The molecule has 0 aromatic heterocycles. The van der Waals surface area contributed by atoms with Crippen molar-refractivity contribution in [1.82, 2.24) is 4.90 Å². The van der Waals surface area contributed by atoms with Crippen LogP contribution in [0.3, 0.4) is 0 Å². The van der Waals surface area contributed by atoms with Gasteiger partial charge in [0, 0.05) is 6.54 Å². The van der Waals surface area contributed by atoms with Crippen LogP contribution in [0, 0.1) is 0 Å². The van der Waals surface area contributed by atoms with Crippen LogP contribution in [0.1, 0.15) is 13.3 Å². The molecule has 12 heavy (non-hydrogen) atoms. The molecule has 1 aliphatic heterocycles. The third kappa shape index (κ3) is 1.78. The van der Waals surface area contributed by atoms with Crippen LogP contribution in [-0.2, 0) is 4.79 Å². The second-order valence-electron chi connectivity index (χ2n) is 2.62. The van der Waals surface area contributed by atoms with Crippen LogP contribution in [-0.4, -0.2) is 33.5 Å². The highest BCUT2D eigenvalue weighted by atomic mass is 32.2. The second-order valence-corrected chi connectivity index (χ2v) is 4.23. The summed E-state index contributed by atoms with van der Waals surface area (Å²) in [5.41, 5.74) is 5.52. The lowest BCUT2D eigenvalue weighted by Gasteiger charge is -2.24. The van der Waals surface area contributed by atoms with Crippen LogP contribution in [0.4, 0.5) is 0 Å². The van der Waals surface area contributed by atoms with Crippen molar-refractivity contribution in [3.8, 4) is 0 Å². The molecule has 0 saturated carbocycles. The van der Waals surface area contributed by atoms with Crippen LogP contribution in [0.15, 0.2) is 0 Å². The molecule has 2 N–H and O–H groups in total. The molecule has 1 aliphatic rings. The summed E-state index contributed by atoms with van der Waals surface area (Å²) < 4.78 is 0.678. The first kappa shape index (κ1) is 9.95. The highest BCUT2D eigenvalue weighted by Crippen LogP contribution is 2.22. The van der Waals surface area contributed by atoms with Crippen molar-refractivity contribution >= 4 is 34.2 Å². The van der Waals surface area contributed by atoms with Gasteiger partial charge in [-0.05, 0) is 6.42 Å². The quantitative estimate of drug-likeness (QED) is 0.683. The van der Waals surface area contributed by atoms with Gasteiger partial charge in [0.15, 0.2) is 0 Å². The van der Waals surface area contributed by atoms with Gasteiger partial charge in [-0.2, -0.15) is 0 Å². The van der Waals surface area contributed by atoms with Crippen LogP contribution in [0.25, 0.3) is 0 Å². The van der Waals surface area contributed by atoms with E-state index in [-0.39, 0.29) is 11.9 Å². The molecule has 1 fully saturated rings. The van der Waals surface area contributed by atoms with E-state index < -0.39 is 0 Å². The molecule has 1 saturated heterocycles. The molecule has 3 nitrogen and oxygen atoms in total. The highest BCUT2D eigenvalue weighted by molar-refractivity contribution is 8.23. The number of amides is 1. The highest BCUT2D eigenvalue weighted by Gasteiger charge is 2.31. The number of carbonyl (C=O) groups is 1. The Morgan fingerprint density at radius 3 is 2.83 bits per heavy atom. The summed E-state index contributed by atoms with van der Waals surface area (Å²) in [7, 11) is 0. The van der Waals surface area contributed by atoms with E-state index in [0.717, 1.165) is 6.42 Å². The Balaban J connectivity index is 2.70. The normalized spacial score (nSPS) is 20.3. The average Bonchev–Trinajstić information content (AvgIpc) is 2.38. The van der Waals surface area contributed by atoms with Gasteiger partial charge in [-0.1, -0.05) is 30.9 Å². The maximum atomic E-state index is 11.3. The first-order valence-electron chi connectivity index (χ1n) is 3.89. The minimum absolute atomic E-state index is 0.0972. The van der Waals surface area contributed by atoms with Gasteiger partial charge in [0.25, 0.3) is 0 Å². The van der Waals surface area contributed by atoms with Crippen LogP contribution >= 0.6 is 24.0 Å². The van der Waals surface area contributed by atoms with Gasteiger partial charge in [-0.3, -0.25) is 9.69 Å². The third-order valence-electron chi connectivity index (χ3n) is 1.89. The zero-order valence-corrected chi connectivity index (χ0v) is 8.58. The van der Waals surface area contributed by atoms with Gasteiger partial charge in [0.05, 0.1) is 11.8 Å². The molecule has 1 amide bonds. The lowest BCUT2D eigenvalue weighted by Crippen LogP contribution is -2.43. The predicted octanol–water partition coefficient (Wildman–Crippen LogP) is 0.584. The maximum Gasteiger partial charge on any atom is 0.238 e. The van der Waals surface area contributed by atoms with E-state index in [2.05, 4.69) is 0 Å². The molecule has 0 aromatic rings. The van der Waals surface area contributed by atoms with E-state index in [9.17, 15) is 4.79 Å². The van der Waals surface area contributed by atoms with Gasteiger partial charge in [-0.25, -0.2) is 0 Å². The summed E-state index contributed by atoms with van der Waals surface area (Å²) in [5.74, 6) is 0.581. The van der Waals surface area contributed by atoms with E-state index in [1.54, 1.807) is 4.90 Å². The van der Waals surface area contributed by atoms with Crippen molar-refractivity contribution < 1.29 is 4.79 Å². The zero-order chi connectivity index (χ0) is 9.14. The Kier molecular flexibility index (Phi) is 3.49. The van der Waals surface area contributed by atoms with Gasteiger partial charge in [0.1, 0.15) is 4.32 Å². The Labute approximate surface area is 81.7 Å². The number of thioether (sulfide) groups is 1. The number of nitrogens with zero attached hydrogens (tertiary/aromatic N) is 1. The summed E-state index contributed by atoms with van der Waals surface area (Å²) in [6.07, 6.45) is 0.864. The molecule has 0 aromatic carbocycles. The molecule has 0 aliphatic carbocycles. The Morgan fingerprint density at radius 1 is 1.83 bits per heavy atom. The maximum absolute atomic E-state index is 11.3. The van der Waals surface area contributed by atoms with Crippen LogP contribution in [0.5, 0.6) is 0 Å². The molecule has 1 atom stereocenters. The lowest BCUT2D eigenvalue weighted by molar-refractivity contribution is -0.125. The molecular formula is C7H12N2OS2. The number of hydrogen-bond donors (Lipinski definition) is 1. The Hall–Kier alpha value is -0.130. The fraction of sp³-hybridized carbons (Fsp3) is 0.714. The number of thiocarbonyl (C=S) groups is 1. The van der Waals surface area contributed by atoms with E-state index in [0.29, 0.717) is 16.6 Å². The fourth-order valence-corrected chi connectivity index (χ4v) is 2.38. The standard InChI is InChI=1S/C7H12N2OS2/c1-2-5(3-8)9-6(10)4-12-7(9)11/h5H,2-4,8H2,1H3. The monoisotopic (exact) mass is 204 g/mol. The van der Waals surface area contributed by atoms with Gasteiger partial charge in [-0.15, -0.1) is 0 Å². The second kappa shape index (κ2) is 4.20. The smallest absolute Gasteiger partial charge is 0.238 e. The first-order chi connectivity index (χ1) is 5.70. The summed E-state index contributed by atoms with van der Waals surface area (Å²) in [6, 6.07) is 0.0972. The Bertz CT molecular complexity index is 188. The topological polar surface area (TPSA) is 46.3 Å². The van der Waals surface area contributed by atoms with Gasteiger partial charge in [0.2, 0.25) is 5.91 Å². The van der Waals surface area contributed by atoms with Crippen molar-refractivity contribution in [2.75, 3.05) is 12.3 Å². The summed E-state index contributed by atoms with van der Waals surface area (Å²) in [6.45, 7) is 2.50. The van der Waals surface area contributed by atoms with Crippen molar-refractivity contribution in [1.29, 1.82) is 0 Å². The van der Waals surface area contributed by atoms with Gasteiger partial charge >= 0.3 is 0 Å². The van der Waals surface area contributed by atoms with E-state index in [4.69, 9.17) is 18.0 Å². The molecule has 1 unspecified atom stereocenters. The molecule has 1 rings (SSSR count). The van der Waals surface area contributed by atoms with Crippen molar-refractivity contribution in [2.45, 2.75) is 19.4 Å². The minimum Gasteiger partial charge on any atom is -0.328 e. The van der Waals surface area contributed by atoms with Crippen molar-refractivity contribution in [2.24, 2.45) is 5.73 Å². The minimum atomic E-state index is 0.0972. The largest absolute Gasteiger partial charge is 0.328 e. The van der Waals surface area contributed by atoms with Crippen LogP contribution < -0.4 is 5.73 Å². The van der Waals surface area contributed by atoms with E-state index in [1.165, 1.54) is 11.8 Å². The van der Waals surface area contributed by atoms with E-state index in [1.807, 2.05) is 6.92 Å². The number of carbonyl (C=O) groups excluding carboxylic acids is 1. The molecule has 1 heterocycles. The number of nitrogens with two attached hydrogens (primary N) is 1. The first-order valence-corrected chi connectivity index (χ1v) is 5.29. The number of hydrogen-bond acceptors (Lipinski definition) is 4. The molecular weight excluding hydrogens is 192 g/mol. The summed E-state index contributed by atoms with van der Waals surface area (Å²) >= 11 is 6.46. The third-order valence-corrected chi connectivity index (χ3v) is 3.28. The van der Waals surface area contributed by atoms with E-state index >= 15 is 0 Å². The summed E-state index contributed by atoms with van der Waals surface area (Å²) in [5, 5.41) is 0. The average molecular weight is 204 g/mol. The fourth-order valence-electron chi connectivity index (χ4n) is 1.17. The molecule has 0 spiro atoms. The van der Waals surface area contributed by atoms with Crippen molar-refractivity contribution in [3.05, 3.63) is 0 Å². The molecule has 5 heteroatoms. The Morgan fingerprint density at radius 2 is 2.50 bits per heavy atom. The number of rotatable bonds is 3. The van der Waals surface area contributed by atoms with Crippen LogP contribution in [0.2, 0.25) is 0 Å². The SMILES string of the molecule is CCC(CN)N1C(=O)CSC1=S. The predicted molar refractivity (Wildman–Crippen MR) is 55.0 cm³/mol. The molecule has 0 bridgehead atoms.